The van der Waals surface area contributed by atoms with E-state index in [-0.39, 0.29) is 5.91 Å². The van der Waals surface area contributed by atoms with Crippen LogP contribution in [-0.4, -0.2) is 37.0 Å². The van der Waals surface area contributed by atoms with E-state index in [1.54, 1.807) is 0 Å². The molecule has 0 aliphatic carbocycles. The van der Waals surface area contributed by atoms with Gasteiger partial charge in [0.2, 0.25) is 0 Å². The van der Waals surface area contributed by atoms with Gasteiger partial charge in [0.1, 0.15) is 17.0 Å². The minimum Gasteiger partial charge on any atom is -0.456 e. The zero-order valence-electron chi connectivity index (χ0n) is 23.1. The molecule has 2 aliphatic heterocycles. The van der Waals surface area contributed by atoms with Crippen molar-refractivity contribution in [3.63, 3.8) is 0 Å². The van der Waals surface area contributed by atoms with Gasteiger partial charge in [0, 0.05) is 59.8 Å². The molecule has 4 N–H and O–H groups in total. The number of ether oxygens (including phenoxy) is 1. The molecule has 2 heterocycles. The van der Waals surface area contributed by atoms with Crippen LogP contribution in [0.1, 0.15) is 77.7 Å². The molecule has 0 fully saturated rings. The molecule has 2 aliphatic rings. The van der Waals surface area contributed by atoms with E-state index in [2.05, 4.69) is 73.6 Å². The summed E-state index contributed by atoms with van der Waals surface area (Å²) in [7, 11) is 0. The lowest BCUT2D eigenvalue weighted by molar-refractivity contribution is 0.0660. The monoisotopic (exact) mass is 512 g/mol. The first-order chi connectivity index (χ1) is 18.5. The van der Waals surface area contributed by atoms with Crippen molar-refractivity contribution < 1.29 is 9.53 Å². The van der Waals surface area contributed by atoms with Crippen molar-refractivity contribution in [1.29, 1.82) is 0 Å². The summed E-state index contributed by atoms with van der Waals surface area (Å²) in [4.78, 5) is 16.3. The number of rotatable bonds is 10. The molecule has 38 heavy (non-hydrogen) atoms. The number of fused-ring (bicyclic) bond motifs is 6. The molecular formula is C32H40N4O2. The number of nitrogens with two attached hydrogens (primary N) is 1. The molecule has 0 saturated carbocycles. The van der Waals surface area contributed by atoms with Crippen LogP contribution >= 0.6 is 0 Å². The Labute approximate surface area is 226 Å². The Hall–Kier alpha value is -3.51. The van der Waals surface area contributed by atoms with Crippen molar-refractivity contribution in [2.24, 2.45) is 5.73 Å². The fraction of sp³-hybridized carbons (Fsp3) is 0.406. The van der Waals surface area contributed by atoms with Gasteiger partial charge in [-0.2, -0.15) is 0 Å². The van der Waals surface area contributed by atoms with Crippen molar-refractivity contribution in [3.05, 3.63) is 81.9 Å². The van der Waals surface area contributed by atoms with Gasteiger partial charge in [0.05, 0.1) is 0 Å². The number of nitrogens with zero attached hydrogens (tertiary/aromatic N) is 1. The lowest BCUT2D eigenvalue weighted by Crippen LogP contribution is -2.47. The number of nitrogens with one attached hydrogen (secondary N) is 2. The SMILES string of the molecule is CCNc1cc2c(cc1C)C1(c3cc(C)c(NCC)cc3O2)c2ccccc2C(=O)N1CCCCCCN. The number of hydrogen-bond acceptors (Lipinski definition) is 5. The molecule has 0 unspecified atom stereocenters. The quantitative estimate of drug-likeness (QED) is 0.269. The van der Waals surface area contributed by atoms with Gasteiger partial charge in [-0.1, -0.05) is 31.0 Å². The summed E-state index contributed by atoms with van der Waals surface area (Å²) in [6, 6.07) is 16.8. The smallest absolute Gasteiger partial charge is 0.255 e. The summed E-state index contributed by atoms with van der Waals surface area (Å²) < 4.78 is 6.67. The first-order valence-electron chi connectivity index (χ1n) is 14.0. The molecule has 5 rings (SSSR count). The van der Waals surface area contributed by atoms with E-state index >= 15 is 0 Å². The molecule has 3 aromatic rings. The third kappa shape index (κ3) is 4.11. The largest absolute Gasteiger partial charge is 0.456 e. The van der Waals surface area contributed by atoms with Crippen molar-refractivity contribution in [3.8, 4) is 11.5 Å². The summed E-state index contributed by atoms with van der Waals surface area (Å²) in [5.41, 5.74) is 13.2. The average molecular weight is 513 g/mol. The summed E-state index contributed by atoms with van der Waals surface area (Å²) >= 11 is 0. The van der Waals surface area contributed by atoms with Gasteiger partial charge in [0.25, 0.3) is 5.91 Å². The van der Waals surface area contributed by atoms with Gasteiger partial charge >= 0.3 is 0 Å². The Morgan fingerprint density at radius 3 is 1.97 bits per heavy atom. The molecule has 0 atom stereocenters. The number of amides is 1. The van der Waals surface area contributed by atoms with Crippen LogP contribution in [-0.2, 0) is 5.54 Å². The third-order valence-electron chi connectivity index (χ3n) is 7.92. The summed E-state index contributed by atoms with van der Waals surface area (Å²) in [5, 5.41) is 6.96. The molecule has 0 aromatic heterocycles. The van der Waals surface area contributed by atoms with Crippen molar-refractivity contribution >= 4 is 17.3 Å². The number of carbonyl (C=O) groups excluding carboxylic acids is 1. The number of anilines is 2. The lowest BCUT2D eigenvalue weighted by Gasteiger charge is -2.45. The van der Waals surface area contributed by atoms with E-state index in [4.69, 9.17) is 10.5 Å². The minimum absolute atomic E-state index is 0.0834. The predicted octanol–water partition coefficient (Wildman–Crippen LogP) is 6.54. The van der Waals surface area contributed by atoms with Gasteiger partial charge in [0.15, 0.2) is 0 Å². The number of unbranched alkanes of at least 4 members (excludes halogenated alkanes) is 3. The zero-order valence-corrected chi connectivity index (χ0v) is 23.1. The second-order valence-electron chi connectivity index (χ2n) is 10.4. The number of benzene rings is 3. The lowest BCUT2D eigenvalue weighted by atomic mass is 9.73. The Morgan fingerprint density at radius 2 is 1.39 bits per heavy atom. The second kappa shape index (κ2) is 10.7. The molecule has 200 valence electrons. The Kier molecular flexibility index (Phi) is 7.35. The van der Waals surface area contributed by atoms with Crippen molar-refractivity contribution in [2.45, 2.75) is 58.9 Å². The maximum Gasteiger partial charge on any atom is 0.255 e. The Morgan fingerprint density at radius 1 is 0.816 bits per heavy atom. The van der Waals surface area contributed by atoms with Gasteiger partial charge in [-0.3, -0.25) is 4.79 Å². The predicted molar refractivity (Wildman–Crippen MR) is 156 cm³/mol. The van der Waals surface area contributed by atoms with E-state index in [0.29, 0.717) is 13.1 Å². The van der Waals surface area contributed by atoms with Crippen LogP contribution in [0.5, 0.6) is 11.5 Å². The first kappa shape index (κ1) is 26.1. The highest BCUT2D eigenvalue weighted by Gasteiger charge is 2.56. The zero-order chi connectivity index (χ0) is 26.9. The van der Waals surface area contributed by atoms with Crippen molar-refractivity contribution in [2.75, 3.05) is 36.8 Å². The minimum atomic E-state index is -0.754. The van der Waals surface area contributed by atoms with Crippen LogP contribution in [0.3, 0.4) is 0 Å². The Balaban J connectivity index is 1.77. The molecule has 0 radical (unpaired) electrons. The summed E-state index contributed by atoms with van der Waals surface area (Å²) in [5.74, 6) is 1.67. The van der Waals surface area contributed by atoms with Crippen LogP contribution in [0.2, 0.25) is 0 Å². The van der Waals surface area contributed by atoms with Crippen LogP contribution in [0.25, 0.3) is 0 Å². The molecule has 0 bridgehead atoms. The molecule has 1 spiro atoms. The van der Waals surface area contributed by atoms with E-state index in [0.717, 1.165) is 95.0 Å². The molecule has 3 aromatic carbocycles. The molecule has 0 saturated heterocycles. The van der Waals surface area contributed by atoms with Crippen LogP contribution in [0.15, 0.2) is 48.5 Å². The van der Waals surface area contributed by atoms with E-state index in [9.17, 15) is 4.79 Å². The highest BCUT2D eigenvalue weighted by atomic mass is 16.5. The van der Waals surface area contributed by atoms with Crippen LogP contribution in [0.4, 0.5) is 11.4 Å². The average Bonchev–Trinajstić information content (AvgIpc) is 3.15. The fourth-order valence-corrected chi connectivity index (χ4v) is 6.18. The van der Waals surface area contributed by atoms with Crippen LogP contribution in [0, 0.1) is 13.8 Å². The summed E-state index contributed by atoms with van der Waals surface area (Å²) in [6.07, 6.45) is 4.05. The van der Waals surface area contributed by atoms with Gasteiger partial charge < -0.3 is 26.0 Å². The van der Waals surface area contributed by atoms with Gasteiger partial charge in [-0.15, -0.1) is 0 Å². The fourth-order valence-electron chi connectivity index (χ4n) is 6.18. The second-order valence-corrected chi connectivity index (χ2v) is 10.4. The Bertz CT molecular complexity index is 1290. The van der Waals surface area contributed by atoms with E-state index < -0.39 is 5.54 Å². The van der Waals surface area contributed by atoms with Crippen LogP contribution < -0.4 is 21.1 Å². The van der Waals surface area contributed by atoms with E-state index in [1.807, 2.05) is 18.2 Å². The molecule has 6 heteroatoms. The molecule has 6 nitrogen and oxygen atoms in total. The molecular weight excluding hydrogens is 472 g/mol. The third-order valence-corrected chi connectivity index (χ3v) is 7.92. The number of aryl methyl sites for hydroxylation is 2. The topological polar surface area (TPSA) is 79.6 Å². The van der Waals surface area contributed by atoms with Crippen molar-refractivity contribution in [1.82, 2.24) is 4.90 Å². The van der Waals surface area contributed by atoms with E-state index in [1.165, 1.54) is 0 Å². The normalized spacial score (nSPS) is 14.7. The number of carbonyl (C=O) groups is 1. The number of hydrogen-bond donors (Lipinski definition) is 3. The first-order valence-corrected chi connectivity index (χ1v) is 14.0. The highest BCUT2D eigenvalue weighted by molar-refractivity contribution is 6.02. The maximum absolute atomic E-state index is 14.2. The standard InChI is InChI=1S/C32H40N4O2/c1-5-34-27-19-29-25(17-21(27)3)32(26-18-22(4)28(35-6-2)20-30(26)38-29)24-14-10-9-13-23(24)31(37)36(32)16-12-8-7-11-15-33/h9-10,13-14,17-20,34-35H,5-8,11-12,15-16,33H2,1-4H3. The highest BCUT2D eigenvalue weighted by Crippen LogP contribution is 2.58. The summed E-state index contributed by atoms with van der Waals surface area (Å²) in [6.45, 7) is 11.5. The van der Waals surface area contributed by atoms with Gasteiger partial charge in [-0.05, 0) is 82.0 Å². The van der Waals surface area contributed by atoms with Gasteiger partial charge in [-0.25, -0.2) is 0 Å². The molecule has 1 amide bonds. The maximum atomic E-state index is 14.2.